The maximum Gasteiger partial charge on any atom is 0.258 e. The Labute approximate surface area is 204 Å². The Morgan fingerprint density at radius 2 is 1.88 bits per heavy atom. The van der Waals surface area contributed by atoms with Gasteiger partial charge < -0.3 is 14.7 Å². The van der Waals surface area contributed by atoms with Crippen LogP contribution in [0.5, 0.6) is 0 Å². The van der Waals surface area contributed by atoms with Gasteiger partial charge in [-0.2, -0.15) is 4.98 Å². The number of hydrogen-bond acceptors (Lipinski definition) is 5. The summed E-state index contributed by atoms with van der Waals surface area (Å²) < 4.78 is 33.5. The molecule has 0 saturated carbocycles. The topological polar surface area (TPSA) is 54.2 Å². The van der Waals surface area contributed by atoms with Crippen molar-refractivity contribution >= 4 is 34.2 Å². The lowest BCUT2D eigenvalue weighted by atomic mass is 9.94. The SMILES string of the molecule is CC1=C(c2nc(-c3cccc(F)c3)no2)C(c2cccc(F)c2)NC(=S)N1CCc1cccs1. The molecule has 0 amide bonds. The Balaban J connectivity index is 1.56. The summed E-state index contributed by atoms with van der Waals surface area (Å²) in [6, 6.07) is 16.0. The van der Waals surface area contributed by atoms with E-state index >= 15 is 0 Å². The molecule has 172 valence electrons. The van der Waals surface area contributed by atoms with E-state index in [4.69, 9.17) is 16.7 Å². The van der Waals surface area contributed by atoms with Gasteiger partial charge in [-0.1, -0.05) is 35.5 Å². The molecule has 1 unspecified atom stereocenters. The van der Waals surface area contributed by atoms with Crippen LogP contribution in [0, 0.1) is 11.6 Å². The zero-order valence-corrected chi connectivity index (χ0v) is 19.8. The molecule has 1 aliphatic rings. The van der Waals surface area contributed by atoms with E-state index in [0.717, 1.165) is 12.1 Å². The number of nitrogens with zero attached hydrogens (tertiary/aromatic N) is 3. The van der Waals surface area contributed by atoms with Gasteiger partial charge >= 0.3 is 0 Å². The highest BCUT2D eigenvalue weighted by molar-refractivity contribution is 7.80. The van der Waals surface area contributed by atoms with Gasteiger partial charge in [0.25, 0.3) is 5.89 Å². The van der Waals surface area contributed by atoms with Gasteiger partial charge in [0, 0.05) is 22.7 Å². The van der Waals surface area contributed by atoms with E-state index < -0.39 is 6.04 Å². The molecule has 0 spiro atoms. The summed E-state index contributed by atoms with van der Waals surface area (Å²) in [6.45, 7) is 2.59. The number of rotatable bonds is 6. The van der Waals surface area contributed by atoms with E-state index in [1.165, 1.54) is 29.1 Å². The predicted octanol–water partition coefficient (Wildman–Crippen LogP) is 5.98. The second kappa shape index (κ2) is 9.44. The molecule has 4 aromatic rings. The van der Waals surface area contributed by atoms with Crippen molar-refractivity contribution in [2.24, 2.45) is 0 Å². The third-order valence-corrected chi connectivity index (χ3v) is 6.95. The first-order valence-corrected chi connectivity index (χ1v) is 11.9. The highest BCUT2D eigenvalue weighted by Crippen LogP contribution is 2.37. The third kappa shape index (κ3) is 4.49. The lowest BCUT2D eigenvalue weighted by Crippen LogP contribution is -2.46. The number of allylic oxidation sites excluding steroid dienone is 1. The molecule has 9 heteroatoms. The van der Waals surface area contributed by atoms with Crippen LogP contribution in [0.15, 0.2) is 76.3 Å². The second-order valence-corrected chi connectivity index (χ2v) is 9.27. The minimum absolute atomic E-state index is 0.266. The molecule has 0 fully saturated rings. The van der Waals surface area contributed by atoms with E-state index in [-0.39, 0.29) is 23.3 Å². The van der Waals surface area contributed by atoms with Crippen molar-refractivity contribution in [1.82, 2.24) is 20.4 Å². The Hall–Kier alpha value is -3.43. The molecule has 0 saturated heterocycles. The predicted molar refractivity (Wildman–Crippen MR) is 132 cm³/mol. The van der Waals surface area contributed by atoms with E-state index in [9.17, 15) is 8.78 Å². The maximum atomic E-state index is 14.1. The number of hydrogen-bond donors (Lipinski definition) is 1. The van der Waals surface area contributed by atoms with Crippen LogP contribution in [0.4, 0.5) is 8.78 Å². The summed E-state index contributed by atoms with van der Waals surface area (Å²) >= 11 is 7.38. The minimum atomic E-state index is -0.484. The molecule has 1 atom stereocenters. The van der Waals surface area contributed by atoms with Crippen LogP contribution in [0.2, 0.25) is 0 Å². The monoisotopic (exact) mass is 494 g/mol. The van der Waals surface area contributed by atoms with Crippen LogP contribution < -0.4 is 5.32 Å². The number of thiocarbonyl (C=S) groups is 1. The molecule has 1 aliphatic heterocycles. The second-order valence-electron chi connectivity index (χ2n) is 7.85. The van der Waals surface area contributed by atoms with E-state index in [1.807, 2.05) is 29.3 Å². The summed E-state index contributed by atoms with van der Waals surface area (Å²) in [7, 11) is 0. The number of nitrogens with one attached hydrogen (secondary N) is 1. The van der Waals surface area contributed by atoms with Gasteiger partial charge in [0.2, 0.25) is 5.82 Å². The molecule has 2 aromatic carbocycles. The molecular formula is C25H20F2N4OS2. The first-order chi connectivity index (χ1) is 16.5. The molecule has 34 heavy (non-hydrogen) atoms. The highest BCUT2D eigenvalue weighted by Gasteiger charge is 2.34. The first-order valence-electron chi connectivity index (χ1n) is 10.7. The standard InChI is InChI=1S/C25H20F2N4OS2/c1-15-21(24-29-23(30-32-24)17-6-3-8-19(27)14-17)22(16-5-2-7-18(26)13-16)28-25(33)31(15)11-10-20-9-4-12-34-20/h2-9,12-14,22H,10-11H2,1H3,(H,28,33). The van der Waals surface area contributed by atoms with Crippen LogP contribution in [0.1, 0.15) is 29.3 Å². The van der Waals surface area contributed by atoms with Crippen LogP contribution in [-0.2, 0) is 6.42 Å². The fourth-order valence-electron chi connectivity index (χ4n) is 4.02. The quantitative estimate of drug-likeness (QED) is 0.333. The molecule has 0 bridgehead atoms. The Morgan fingerprint density at radius 1 is 1.09 bits per heavy atom. The first kappa shape index (κ1) is 22.4. The summed E-state index contributed by atoms with van der Waals surface area (Å²) in [5.41, 5.74) is 2.72. The summed E-state index contributed by atoms with van der Waals surface area (Å²) in [5.74, 6) is -0.206. The lowest BCUT2D eigenvalue weighted by molar-refractivity contribution is 0.397. The van der Waals surface area contributed by atoms with Crippen LogP contribution >= 0.6 is 23.6 Å². The van der Waals surface area contributed by atoms with Gasteiger partial charge in [-0.15, -0.1) is 11.3 Å². The fraction of sp³-hybridized carbons (Fsp3) is 0.160. The third-order valence-electron chi connectivity index (χ3n) is 5.68. The van der Waals surface area contributed by atoms with Gasteiger partial charge in [0.1, 0.15) is 11.6 Å². The van der Waals surface area contributed by atoms with Crippen LogP contribution in [0.3, 0.4) is 0 Å². The van der Waals surface area contributed by atoms with Gasteiger partial charge in [-0.05, 0) is 66.8 Å². The molecule has 1 N–H and O–H groups in total. The molecule has 0 radical (unpaired) electrons. The molecule has 0 aliphatic carbocycles. The van der Waals surface area contributed by atoms with Crippen molar-refractivity contribution in [2.45, 2.75) is 19.4 Å². The van der Waals surface area contributed by atoms with Gasteiger partial charge in [0.15, 0.2) is 5.11 Å². The molecular weight excluding hydrogens is 474 g/mol. The highest BCUT2D eigenvalue weighted by atomic mass is 32.1. The summed E-state index contributed by atoms with van der Waals surface area (Å²) in [6.07, 6.45) is 0.813. The minimum Gasteiger partial charge on any atom is -0.351 e. The fourth-order valence-corrected chi connectivity index (χ4v) is 5.06. The van der Waals surface area contributed by atoms with Gasteiger partial charge in [-0.25, -0.2) is 8.78 Å². The Kier molecular flexibility index (Phi) is 6.21. The van der Waals surface area contributed by atoms with Crippen LogP contribution in [0.25, 0.3) is 17.0 Å². The maximum absolute atomic E-state index is 14.1. The van der Waals surface area contributed by atoms with Crippen molar-refractivity contribution in [1.29, 1.82) is 0 Å². The number of halogens is 2. The molecule has 5 rings (SSSR count). The van der Waals surface area contributed by atoms with E-state index in [2.05, 4.69) is 21.5 Å². The van der Waals surface area contributed by atoms with E-state index in [1.54, 1.807) is 29.5 Å². The van der Waals surface area contributed by atoms with Crippen molar-refractivity contribution in [3.05, 3.63) is 99.7 Å². The summed E-state index contributed by atoms with van der Waals surface area (Å²) in [5, 5.41) is 9.98. The number of thiophene rings is 1. The average molecular weight is 495 g/mol. The lowest BCUT2D eigenvalue weighted by Gasteiger charge is -2.37. The van der Waals surface area contributed by atoms with Crippen LogP contribution in [-0.4, -0.2) is 26.7 Å². The molecule has 2 aromatic heterocycles. The van der Waals surface area contributed by atoms with Crippen molar-refractivity contribution < 1.29 is 13.3 Å². The number of benzene rings is 2. The average Bonchev–Trinajstić information content (AvgIpc) is 3.51. The van der Waals surface area contributed by atoms with Crippen molar-refractivity contribution in [2.75, 3.05) is 6.54 Å². The zero-order chi connectivity index (χ0) is 23.7. The largest absolute Gasteiger partial charge is 0.351 e. The van der Waals surface area contributed by atoms with Gasteiger partial charge in [0.05, 0.1) is 11.6 Å². The number of aromatic nitrogens is 2. The van der Waals surface area contributed by atoms with Crippen molar-refractivity contribution in [3.63, 3.8) is 0 Å². The van der Waals surface area contributed by atoms with Crippen molar-refractivity contribution in [3.8, 4) is 11.4 Å². The summed E-state index contributed by atoms with van der Waals surface area (Å²) in [4.78, 5) is 7.80. The molecule has 3 heterocycles. The Bertz CT molecular complexity index is 1370. The Morgan fingerprint density at radius 3 is 2.62 bits per heavy atom. The molecule has 5 nitrogen and oxygen atoms in total. The van der Waals surface area contributed by atoms with Gasteiger partial charge in [-0.3, -0.25) is 0 Å². The zero-order valence-electron chi connectivity index (χ0n) is 18.2. The smallest absolute Gasteiger partial charge is 0.258 e. The normalized spacial score (nSPS) is 16.1. The van der Waals surface area contributed by atoms with E-state index in [0.29, 0.717) is 28.4 Å².